The molecule has 1 aromatic heterocycles. The van der Waals surface area contributed by atoms with Gasteiger partial charge in [-0.25, -0.2) is 4.42 Å². The molecule has 0 saturated heterocycles. The van der Waals surface area contributed by atoms with Crippen molar-refractivity contribution in [2.75, 3.05) is 0 Å². The van der Waals surface area contributed by atoms with E-state index in [2.05, 4.69) is 95.2 Å². The normalized spacial score (nSPS) is 18.0. The molecule has 0 unspecified atom stereocenters. The van der Waals surface area contributed by atoms with Crippen LogP contribution in [0.2, 0.25) is 0 Å². The summed E-state index contributed by atoms with van der Waals surface area (Å²) >= 11 is 1.81. The first-order valence-corrected chi connectivity index (χ1v) is 15.6. The van der Waals surface area contributed by atoms with Crippen molar-refractivity contribution >= 4 is 23.1 Å². The molecule has 0 bridgehead atoms. The Bertz CT molecular complexity index is 1500. The van der Waals surface area contributed by atoms with Gasteiger partial charge in [-0.2, -0.15) is 0 Å². The second kappa shape index (κ2) is 10.9. The average Bonchev–Trinajstić information content (AvgIpc) is 2.88. The van der Waals surface area contributed by atoms with E-state index in [1.807, 2.05) is 60.3 Å². The SMILES string of the molecule is CC(C)(C)C1=CC(=CC2=C(O)C(=C(c3ccccc3)c3cc(C(C)(C)C)[o+]c(C(C)(C)C)c3)C2=O)C=C(C(C)(C)C)S1. The fourth-order valence-corrected chi connectivity index (χ4v) is 5.98. The third kappa shape index (κ3) is 6.59. The smallest absolute Gasteiger partial charge is 0.335 e. The standard InChI is InChI=1S/C38H46O3S/c1-35(2,3)27-21-25(22-28(41-27)36(4,5)6)31(24-16-14-13-15-17-24)32-33(39)26(34(32)40)18-23-19-29(37(7,8)9)42-30(20-23)38(10,11)12/h13-22H,1-12H3/p+1. The largest absolute Gasteiger partial charge is 0.506 e. The minimum atomic E-state index is -0.243. The van der Waals surface area contributed by atoms with Crippen LogP contribution in [0.4, 0.5) is 0 Å². The number of carbonyl (C=O) groups is 1. The molecule has 2 aromatic rings. The molecule has 0 atom stereocenters. The summed E-state index contributed by atoms with van der Waals surface area (Å²) < 4.78 is 6.41. The third-order valence-electron chi connectivity index (χ3n) is 7.44. The number of Topliss-reactive ketones (excluding diaryl/α,β-unsaturated/α-hetero) is 1. The first-order chi connectivity index (χ1) is 19.2. The van der Waals surface area contributed by atoms with Crippen LogP contribution in [0.25, 0.3) is 5.57 Å². The highest BCUT2D eigenvalue weighted by molar-refractivity contribution is 8.06. The summed E-state index contributed by atoms with van der Waals surface area (Å²) in [5.74, 6) is 1.55. The van der Waals surface area contributed by atoms with E-state index in [1.54, 1.807) is 0 Å². The highest BCUT2D eigenvalue weighted by Crippen LogP contribution is 2.49. The number of aliphatic hydroxyl groups is 1. The van der Waals surface area contributed by atoms with E-state index in [0.717, 1.165) is 33.8 Å². The average molecular weight is 584 g/mol. The van der Waals surface area contributed by atoms with Crippen molar-refractivity contribution in [3.63, 3.8) is 0 Å². The summed E-state index contributed by atoms with van der Waals surface area (Å²) in [7, 11) is 0. The van der Waals surface area contributed by atoms with E-state index >= 15 is 0 Å². The van der Waals surface area contributed by atoms with Gasteiger partial charge in [0.15, 0.2) is 0 Å². The van der Waals surface area contributed by atoms with Crippen LogP contribution in [0.15, 0.2) is 97.4 Å². The fraction of sp³-hybridized carbons (Fsp3) is 0.421. The number of hydrogen-bond donors (Lipinski definition) is 1. The minimum Gasteiger partial charge on any atom is -0.506 e. The fourth-order valence-electron chi connectivity index (χ4n) is 4.74. The van der Waals surface area contributed by atoms with E-state index in [4.69, 9.17) is 4.42 Å². The van der Waals surface area contributed by atoms with Gasteiger partial charge in [0, 0.05) is 23.3 Å². The van der Waals surface area contributed by atoms with Gasteiger partial charge in [-0.1, -0.05) is 83.6 Å². The van der Waals surface area contributed by atoms with Crippen LogP contribution in [0.5, 0.6) is 0 Å². The molecule has 42 heavy (non-hydrogen) atoms. The van der Waals surface area contributed by atoms with Gasteiger partial charge in [-0.15, -0.1) is 0 Å². The summed E-state index contributed by atoms with van der Waals surface area (Å²) in [5.41, 5.74) is 3.55. The van der Waals surface area contributed by atoms with Gasteiger partial charge in [0.05, 0.1) is 22.0 Å². The summed E-state index contributed by atoms with van der Waals surface area (Å²) in [6, 6.07) is 13.9. The van der Waals surface area contributed by atoms with Crippen molar-refractivity contribution in [1.82, 2.24) is 0 Å². The topological polar surface area (TPSA) is 48.6 Å². The highest BCUT2D eigenvalue weighted by Gasteiger charge is 2.39. The summed E-state index contributed by atoms with van der Waals surface area (Å²) in [5, 5.41) is 11.6. The van der Waals surface area contributed by atoms with Crippen LogP contribution in [0, 0.1) is 10.8 Å². The van der Waals surface area contributed by atoms with Crippen LogP contribution in [-0.2, 0) is 15.6 Å². The van der Waals surface area contributed by atoms with Crippen molar-refractivity contribution in [1.29, 1.82) is 0 Å². The van der Waals surface area contributed by atoms with E-state index in [1.165, 1.54) is 9.81 Å². The quantitative estimate of drug-likeness (QED) is 0.288. The van der Waals surface area contributed by atoms with Crippen LogP contribution >= 0.6 is 11.8 Å². The number of benzene rings is 1. The van der Waals surface area contributed by atoms with Crippen LogP contribution in [0.1, 0.15) is 106 Å². The Hall–Kier alpha value is -3.11. The van der Waals surface area contributed by atoms with Crippen molar-refractivity contribution in [2.45, 2.75) is 93.9 Å². The zero-order valence-electron chi connectivity index (χ0n) is 27.4. The van der Waals surface area contributed by atoms with Crippen LogP contribution < -0.4 is 0 Å². The number of allylic oxidation sites excluding steroid dienone is 8. The van der Waals surface area contributed by atoms with Crippen molar-refractivity contribution in [3.8, 4) is 0 Å². The Morgan fingerprint density at radius 3 is 1.60 bits per heavy atom. The molecule has 4 heteroatoms. The maximum atomic E-state index is 14.0. The molecule has 222 valence electrons. The molecule has 0 fully saturated rings. The molecule has 0 radical (unpaired) electrons. The lowest BCUT2D eigenvalue weighted by Crippen LogP contribution is -2.24. The molecule has 1 N–H and O–H groups in total. The van der Waals surface area contributed by atoms with Gasteiger partial charge in [-0.3, -0.25) is 4.79 Å². The Balaban J connectivity index is 1.97. The number of rotatable bonds is 3. The molecule has 1 aliphatic heterocycles. The highest BCUT2D eigenvalue weighted by atomic mass is 32.2. The second-order valence-electron chi connectivity index (χ2n) is 15.5. The van der Waals surface area contributed by atoms with Crippen LogP contribution in [-0.4, -0.2) is 10.9 Å². The summed E-state index contributed by atoms with van der Waals surface area (Å²) in [6.45, 7) is 26.0. The summed E-state index contributed by atoms with van der Waals surface area (Å²) in [4.78, 5) is 16.4. The van der Waals surface area contributed by atoms with Gasteiger partial charge in [0.25, 0.3) is 0 Å². The van der Waals surface area contributed by atoms with E-state index < -0.39 is 0 Å². The predicted molar refractivity (Wildman–Crippen MR) is 178 cm³/mol. The molecule has 4 rings (SSSR count). The Kier molecular flexibility index (Phi) is 8.23. The molecule has 2 heterocycles. The molecular formula is C38H47O3S+. The van der Waals surface area contributed by atoms with Gasteiger partial charge < -0.3 is 5.11 Å². The molecular weight excluding hydrogens is 536 g/mol. The number of hydrogen-bond acceptors (Lipinski definition) is 3. The van der Waals surface area contributed by atoms with Crippen molar-refractivity contribution in [3.05, 3.63) is 116 Å². The number of thioether (sulfide) groups is 1. The van der Waals surface area contributed by atoms with Crippen LogP contribution in [0.3, 0.4) is 0 Å². The Morgan fingerprint density at radius 2 is 1.19 bits per heavy atom. The first kappa shape index (κ1) is 31.8. The maximum absolute atomic E-state index is 14.0. The van der Waals surface area contributed by atoms with Gasteiger partial charge >= 0.3 is 11.5 Å². The molecule has 0 spiro atoms. The summed E-state index contributed by atoms with van der Waals surface area (Å²) in [6.07, 6.45) is 6.15. The molecule has 2 aliphatic rings. The van der Waals surface area contributed by atoms with Crippen molar-refractivity contribution < 1.29 is 14.3 Å². The number of ketones is 1. The van der Waals surface area contributed by atoms with Gasteiger partial charge in [0.2, 0.25) is 5.78 Å². The molecule has 0 amide bonds. The predicted octanol–water partition coefficient (Wildman–Crippen LogP) is 10.9. The third-order valence-corrected chi connectivity index (χ3v) is 9.34. The van der Waals surface area contributed by atoms with E-state index in [-0.39, 0.29) is 33.2 Å². The van der Waals surface area contributed by atoms with Gasteiger partial charge in [0.1, 0.15) is 5.76 Å². The molecule has 1 aromatic carbocycles. The Labute approximate surface area is 257 Å². The zero-order valence-corrected chi connectivity index (χ0v) is 28.3. The lowest BCUT2D eigenvalue weighted by atomic mass is 9.78. The number of aliphatic hydroxyl groups excluding tert-OH is 1. The maximum Gasteiger partial charge on any atom is 0.335 e. The minimum absolute atomic E-state index is 0.0337. The second-order valence-corrected chi connectivity index (χ2v) is 16.6. The first-order valence-electron chi connectivity index (χ1n) is 14.8. The lowest BCUT2D eigenvalue weighted by molar-refractivity contribution is -0.113. The van der Waals surface area contributed by atoms with E-state index in [0.29, 0.717) is 11.1 Å². The van der Waals surface area contributed by atoms with E-state index in [9.17, 15) is 9.90 Å². The monoisotopic (exact) mass is 583 g/mol. The van der Waals surface area contributed by atoms with Gasteiger partial charge in [-0.05, 0) is 91.5 Å². The molecule has 3 nitrogen and oxygen atoms in total. The number of carbonyl (C=O) groups excluding carboxylic acids is 1. The van der Waals surface area contributed by atoms with Crippen molar-refractivity contribution in [2.24, 2.45) is 10.8 Å². The molecule has 0 saturated carbocycles. The molecule has 1 aliphatic carbocycles. The Morgan fingerprint density at radius 1 is 0.714 bits per heavy atom. The lowest BCUT2D eigenvalue weighted by Gasteiger charge is -2.32. The zero-order chi connectivity index (χ0) is 31.4.